The van der Waals surface area contributed by atoms with E-state index in [2.05, 4.69) is 12.2 Å². The third-order valence-corrected chi connectivity index (χ3v) is 9.14. The molecule has 7 nitrogen and oxygen atoms in total. The summed E-state index contributed by atoms with van der Waals surface area (Å²) in [6.07, 6.45) is 8.88. The average molecular weight is 584 g/mol. The van der Waals surface area contributed by atoms with E-state index in [0.29, 0.717) is 48.4 Å². The molecule has 1 aliphatic carbocycles. The van der Waals surface area contributed by atoms with Crippen molar-refractivity contribution in [2.24, 2.45) is 11.8 Å². The van der Waals surface area contributed by atoms with E-state index < -0.39 is 12.2 Å². The van der Waals surface area contributed by atoms with E-state index >= 15 is 0 Å². The maximum atomic E-state index is 12.6. The number of amides is 1. The van der Waals surface area contributed by atoms with Crippen molar-refractivity contribution in [1.29, 1.82) is 0 Å². The number of nitrogens with one attached hydrogen (secondary N) is 1. The Morgan fingerprint density at radius 2 is 1.76 bits per heavy atom. The molecule has 0 heterocycles. The first-order valence-corrected chi connectivity index (χ1v) is 15.8. The van der Waals surface area contributed by atoms with Crippen molar-refractivity contribution >= 4 is 29.3 Å². The Bertz CT molecular complexity index is 1090. The molecule has 3 unspecified atom stereocenters. The van der Waals surface area contributed by atoms with Gasteiger partial charge in [-0.15, -0.1) is 0 Å². The molecule has 0 saturated heterocycles. The maximum Gasteiger partial charge on any atom is 0.314 e. The van der Waals surface area contributed by atoms with Gasteiger partial charge in [-0.2, -0.15) is 11.8 Å². The highest BCUT2D eigenvalue weighted by Gasteiger charge is 2.41. The minimum Gasteiger partial charge on any atom is -0.426 e. The predicted molar refractivity (Wildman–Crippen MR) is 165 cm³/mol. The van der Waals surface area contributed by atoms with Crippen LogP contribution in [0.4, 0.5) is 5.69 Å². The number of carbonyl (C=O) groups excluding carboxylic acids is 2. The molecule has 1 aliphatic rings. The number of rotatable bonds is 16. The molecule has 0 aliphatic heterocycles. The van der Waals surface area contributed by atoms with Gasteiger partial charge in [0.2, 0.25) is 0 Å². The lowest BCUT2D eigenvalue weighted by Gasteiger charge is -2.23. The average Bonchev–Trinajstić information content (AvgIpc) is 3.24. The van der Waals surface area contributed by atoms with E-state index in [4.69, 9.17) is 4.74 Å². The molecule has 6 atom stereocenters. The van der Waals surface area contributed by atoms with Gasteiger partial charge >= 0.3 is 5.97 Å². The van der Waals surface area contributed by atoms with Crippen LogP contribution in [0.2, 0.25) is 0 Å². The van der Waals surface area contributed by atoms with Gasteiger partial charge in [-0.3, -0.25) is 9.59 Å². The second-order valence-corrected chi connectivity index (χ2v) is 12.1. The van der Waals surface area contributed by atoms with Crippen molar-refractivity contribution < 1.29 is 29.6 Å². The van der Waals surface area contributed by atoms with Crippen LogP contribution >= 0.6 is 11.8 Å². The second kappa shape index (κ2) is 17.3. The fourth-order valence-electron chi connectivity index (χ4n) is 4.97. The number of unbranched alkanes of at least 4 members (excludes halogenated alkanes) is 2. The Labute approximate surface area is 248 Å². The predicted octanol–water partition coefficient (Wildman–Crippen LogP) is 5.99. The summed E-state index contributed by atoms with van der Waals surface area (Å²) in [6, 6.07) is 15.7. The summed E-state index contributed by atoms with van der Waals surface area (Å²) in [4.78, 5) is 24.9. The van der Waals surface area contributed by atoms with E-state index in [1.807, 2.05) is 25.1 Å². The zero-order chi connectivity index (χ0) is 29.6. The smallest absolute Gasteiger partial charge is 0.314 e. The summed E-state index contributed by atoms with van der Waals surface area (Å²) in [5, 5.41) is 33.9. The molecule has 0 bridgehead atoms. The summed E-state index contributed by atoms with van der Waals surface area (Å²) in [7, 11) is 0. The van der Waals surface area contributed by atoms with Gasteiger partial charge in [0.15, 0.2) is 0 Å². The van der Waals surface area contributed by atoms with Gasteiger partial charge < -0.3 is 25.4 Å². The largest absolute Gasteiger partial charge is 0.426 e. The molecule has 8 heteroatoms. The Kier molecular flexibility index (Phi) is 13.9. The molecular formula is C33H45NO6S. The normalized spacial score (nSPS) is 22.0. The molecule has 3 rings (SSSR count). The number of esters is 1. The van der Waals surface area contributed by atoms with E-state index in [0.717, 1.165) is 25.7 Å². The molecule has 0 spiro atoms. The number of anilines is 1. The van der Waals surface area contributed by atoms with Crippen LogP contribution in [-0.2, 0) is 4.79 Å². The van der Waals surface area contributed by atoms with Gasteiger partial charge in [0.05, 0.1) is 24.2 Å². The number of carbonyl (C=O) groups is 2. The second-order valence-electron chi connectivity index (χ2n) is 10.9. The Hall–Kier alpha value is -2.65. The molecule has 41 heavy (non-hydrogen) atoms. The van der Waals surface area contributed by atoms with Gasteiger partial charge in [0.25, 0.3) is 5.91 Å². The van der Waals surface area contributed by atoms with Crippen LogP contribution in [0, 0.1) is 11.8 Å². The fourth-order valence-corrected chi connectivity index (χ4v) is 6.46. The van der Waals surface area contributed by atoms with Crippen LogP contribution in [-0.4, -0.2) is 56.5 Å². The van der Waals surface area contributed by atoms with E-state index in [1.54, 1.807) is 60.3 Å². The van der Waals surface area contributed by atoms with Crippen molar-refractivity contribution in [2.75, 3.05) is 11.1 Å². The Morgan fingerprint density at radius 1 is 1.02 bits per heavy atom. The van der Waals surface area contributed by atoms with Crippen molar-refractivity contribution in [3.05, 3.63) is 72.3 Å². The maximum absolute atomic E-state index is 12.6. The number of hydrogen-bond acceptors (Lipinski definition) is 7. The van der Waals surface area contributed by atoms with Crippen molar-refractivity contribution in [2.45, 2.75) is 88.8 Å². The lowest BCUT2D eigenvalue weighted by atomic mass is 10.00. The van der Waals surface area contributed by atoms with Crippen LogP contribution in [0.1, 0.15) is 75.6 Å². The molecule has 2 aromatic rings. The topological polar surface area (TPSA) is 116 Å². The molecule has 0 radical (unpaired) electrons. The SMILES string of the molecule is CCCCCC(O)CS[C@H]1[C@H](O)CC(O)[C@@H]1CC=CCCC(C)C(=O)Oc1ccc(NC(=O)c2ccccc2)cc1. The number of allylic oxidation sites excluding steroid dienone is 2. The summed E-state index contributed by atoms with van der Waals surface area (Å²) in [5.74, 6) is 0.112. The standard InChI is InChI=1S/C33H45NO6S/c1-3-4-7-15-26(35)22-41-31-28(29(36)21-30(31)37)16-11-5-8-12-23(2)33(39)40-27-19-17-25(18-20-27)34-32(38)24-13-9-6-10-14-24/h5-6,9-11,13-14,17-20,23,26,28-31,35-37H,3-4,7-8,12,15-16,21-22H2,1-2H3,(H,34,38)/t23?,26?,28-,29?,30+,31+/m0/s1. The zero-order valence-corrected chi connectivity index (χ0v) is 25.0. The highest BCUT2D eigenvalue weighted by Crippen LogP contribution is 2.38. The molecule has 1 saturated carbocycles. The van der Waals surface area contributed by atoms with Crippen molar-refractivity contribution in [3.8, 4) is 5.75 Å². The van der Waals surface area contributed by atoms with Crippen LogP contribution < -0.4 is 10.1 Å². The van der Waals surface area contributed by atoms with Crippen LogP contribution in [0.5, 0.6) is 5.75 Å². The van der Waals surface area contributed by atoms with Gasteiger partial charge in [-0.05, 0) is 62.1 Å². The number of ether oxygens (including phenoxy) is 1. The third kappa shape index (κ3) is 10.9. The molecule has 224 valence electrons. The monoisotopic (exact) mass is 583 g/mol. The van der Waals surface area contributed by atoms with Gasteiger partial charge in [0, 0.05) is 34.6 Å². The van der Waals surface area contributed by atoms with Gasteiger partial charge in [0.1, 0.15) is 5.75 Å². The van der Waals surface area contributed by atoms with Crippen LogP contribution in [0.3, 0.4) is 0 Å². The highest BCUT2D eigenvalue weighted by atomic mass is 32.2. The van der Waals surface area contributed by atoms with Crippen LogP contribution in [0.25, 0.3) is 0 Å². The molecule has 0 aromatic heterocycles. The summed E-state index contributed by atoms with van der Waals surface area (Å²) in [5.41, 5.74) is 1.18. The van der Waals surface area contributed by atoms with Crippen molar-refractivity contribution in [3.63, 3.8) is 0 Å². The number of aliphatic hydroxyl groups is 3. The Morgan fingerprint density at radius 3 is 2.46 bits per heavy atom. The van der Waals surface area contributed by atoms with Gasteiger partial charge in [-0.25, -0.2) is 0 Å². The Balaban J connectivity index is 1.38. The molecule has 4 N–H and O–H groups in total. The summed E-state index contributed by atoms with van der Waals surface area (Å²) >= 11 is 1.57. The zero-order valence-electron chi connectivity index (χ0n) is 24.2. The first kappa shape index (κ1) is 32.9. The summed E-state index contributed by atoms with van der Waals surface area (Å²) in [6.45, 7) is 3.97. The number of thioether (sulfide) groups is 1. The lowest BCUT2D eigenvalue weighted by Crippen LogP contribution is -2.26. The molecule has 1 amide bonds. The highest BCUT2D eigenvalue weighted by molar-refractivity contribution is 8.00. The van der Waals surface area contributed by atoms with E-state index in [1.165, 1.54) is 0 Å². The first-order valence-electron chi connectivity index (χ1n) is 14.8. The van der Waals surface area contributed by atoms with Crippen molar-refractivity contribution in [1.82, 2.24) is 0 Å². The quantitative estimate of drug-likeness (QED) is 0.0830. The van der Waals surface area contributed by atoms with E-state index in [9.17, 15) is 24.9 Å². The fraction of sp³-hybridized carbons (Fsp3) is 0.515. The lowest BCUT2D eigenvalue weighted by molar-refractivity contribution is -0.138. The molecular weight excluding hydrogens is 538 g/mol. The minimum atomic E-state index is -0.569. The number of benzene rings is 2. The number of hydrogen-bond donors (Lipinski definition) is 4. The molecule has 1 fully saturated rings. The van der Waals surface area contributed by atoms with Crippen LogP contribution in [0.15, 0.2) is 66.7 Å². The molecule has 2 aromatic carbocycles. The first-order chi connectivity index (χ1) is 19.8. The number of aliphatic hydroxyl groups excluding tert-OH is 3. The van der Waals surface area contributed by atoms with Gasteiger partial charge in [-0.1, -0.05) is 63.5 Å². The van der Waals surface area contributed by atoms with E-state index in [-0.39, 0.29) is 35.1 Å². The summed E-state index contributed by atoms with van der Waals surface area (Å²) < 4.78 is 5.52. The third-order valence-electron chi connectivity index (χ3n) is 7.51. The minimum absolute atomic E-state index is 0.0584.